The van der Waals surface area contributed by atoms with E-state index >= 15 is 0 Å². The molecule has 0 spiro atoms. The van der Waals surface area contributed by atoms with Gasteiger partial charge in [-0.05, 0) is 43.9 Å². The number of benzene rings is 1. The van der Waals surface area contributed by atoms with Gasteiger partial charge in [-0.25, -0.2) is 0 Å². The van der Waals surface area contributed by atoms with Crippen LogP contribution in [-0.2, 0) is 4.79 Å². The highest BCUT2D eigenvalue weighted by Gasteiger charge is 2.40. The van der Waals surface area contributed by atoms with Gasteiger partial charge >= 0.3 is 0 Å². The van der Waals surface area contributed by atoms with Crippen LogP contribution in [0, 0.1) is 5.92 Å². The van der Waals surface area contributed by atoms with Gasteiger partial charge in [-0.2, -0.15) is 0 Å². The van der Waals surface area contributed by atoms with Crippen molar-refractivity contribution in [1.82, 2.24) is 4.90 Å². The number of hydrogen-bond donors (Lipinski definition) is 2. The van der Waals surface area contributed by atoms with Crippen LogP contribution in [0.4, 0.5) is 0 Å². The summed E-state index contributed by atoms with van der Waals surface area (Å²) >= 11 is 0. The number of phenolic OH excluding ortho intramolecular Hbond substituents is 2. The highest BCUT2D eigenvalue weighted by molar-refractivity contribution is 5.96. The number of ketones is 1. The molecule has 5 heteroatoms. The quantitative estimate of drug-likeness (QED) is 0.817. The van der Waals surface area contributed by atoms with E-state index in [0.29, 0.717) is 18.5 Å². The lowest BCUT2D eigenvalue weighted by Gasteiger charge is -2.28. The first-order chi connectivity index (χ1) is 10.1. The van der Waals surface area contributed by atoms with Gasteiger partial charge in [-0.1, -0.05) is 0 Å². The summed E-state index contributed by atoms with van der Waals surface area (Å²) in [5.41, 5.74) is 0.350. The third kappa shape index (κ3) is 2.48. The molecule has 3 rings (SSSR count). The fraction of sp³-hybridized carbons (Fsp3) is 0.500. The van der Waals surface area contributed by atoms with Crippen molar-refractivity contribution in [3.63, 3.8) is 0 Å². The van der Waals surface area contributed by atoms with Crippen molar-refractivity contribution >= 4 is 11.7 Å². The van der Waals surface area contributed by atoms with Gasteiger partial charge in [0.2, 0.25) is 0 Å². The Morgan fingerprint density at radius 2 is 1.95 bits per heavy atom. The van der Waals surface area contributed by atoms with Crippen LogP contribution >= 0.6 is 0 Å². The molecule has 1 saturated carbocycles. The Labute approximate surface area is 123 Å². The van der Waals surface area contributed by atoms with Crippen molar-refractivity contribution < 1.29 is 19.8 Å². The zero-order valence-electron chi connectivity index (χ0n) is 11.8. The number of rotatable bonds is 2. The molecule has 1 saturated heterocycles. The van der Waals surface area contributed by atoms with Crippen LogP contribution in [0.2, 0.25) is 0 Å². The summed E-state index contributed by atoms with van der Waals surface area (Å²) in [6, 6.07) is 4.09. The fourth-order valence-corrected chi connectivity index (χ4v) is 3.53. The first kappa shape index (κ1) is 13.9. The van der Waals surface area contributed by atoms with E-state index in [2.05, 4.69) is 0 Å². The number of hydrogen-bond acceptors (Lipinski definition) is 4. The topological polar surface area (TPSA) is 77.8 Å². The van der Waals surface area contributed by atoms with E-state index in [1.54, 1.807) is 4.90 Å². The molecule has 1 amide bonds. The summed E-state index contributed by atoms with van der Waals surface area (Å²) in [6.45, 7) is 0.648. The zero-order chi connectivity index (χ0) is 15.0. The van der Waals surface area contributed by atoms with Gasteiger partial charge in [0.25, 0.3) is 5.91 Å². The maximum atomic E-state index is 12.6. The predicted molar refractivity (Wildman–Crippen MR) is 76.2 cm³/mol. The van der Waals surface area contributed by atoms with Gasteiger partial charge in [-0.3, -0.25) is 9.59 Å². The molecule has 2 atom stereocenters. The molecule has 2 unspecified atom stereocenters. The van der Waals surface area contributed by atoms with Gasteiger partial charge in [0.1, 0.15) is 5.78 Å². The summed E-state index contributed by atoms with van der Waals surface area (Å²) in [7, 11) is 0. The Morgan fingerprint density at radius 3 is 2.62 bits per heavy atom. The van der Waals surface area contributed by atoms with Crippen LogP contribution < -0.4 is 0 Å². The molecule has 112 valence electrons. The summed E-state index contributed by atoms with van der Waals surface area (Å²) in [4.78, 5) is 26.3. The molecule has 0 bridgehead atoms. The third-order valence-electron chi connectivity index (χ3n) is 4.60. The fourth-order valence-electron chi connectivity index (χ4n) is 3.53. The molecule has 21 heavy (non-hydrogen) atoms. The van der Waals surface area contributed by atoms with Crippen LogP contribution in [0.3, 0.4) is 0 Å². The number of carbonyl (C=O) groups is 2. The highest BCUT2D eigenvalue weighted by Crippen LogP contribution is 2.34. The third-order valence-corrected chi connectivity index (χ3v) is 4.60. The standard InChI is InChI=1S/C16H19NO4/c18-13-5-1-3-11(13)12-4-2-8-17(12)16(21)10-6-7-14(19)15(20)9-10/h6-7,9,11-12,19-20H,1-5,8H2. The Balaban J connectivity index is 1.82. The van der Waals surface area contributed by atoms with E-state index in [9.17, 15) is 19.8 Å². The lowest BCUT2D eigenvalue weighted by atomic mass is 9.94. The summed E-state index contributed by atoms with van der Waals surface area (Å²) < 4.78 is 0. The molecule has 1 aromatic rings. The number of amides is 1. The normalized spacial score (nSPS) is 25.5. The Kier molecular flexibility index (Phi) is 3.57. The molecular formula is C16H19NO4. The first-order valence-corrected chi connectivity index (χ1v) is 7.43. The molecule has 1 aliphatic carbocycles. The van der Waals surface area contributed by atoms with Crippen LogP contribution in [0.5, 0.6) is 11.5 Å². The number of carbonyl (C=O) groups excluding carboxylic acids is 2. The predicted octanol–water partition coefficient (Wildman–Crippen LogP) is 2.07. The van der Waals surface area contributed by atoms with Gasteiger partial charge in [0, 0.05) is 30.5 Å². The molecule has 0 aromatic heterocycles. The second-order valence-corrected chi connectivity index (χ2v) is 5.88. The van der Waals surface area contributed by atoms with E-state index in [4.69, 9.17) is 0 Å². The summed E-state index contributed by atoms with van der Waals surface area (Å²) in [6.07, 6.45) is 4.19. The minimum absolute atomic E-state index is 0.0107. The van der Waals surface area contributed by atoms with Gasteiger partial charge in [-0.15, -0.1) is 0 Å². The lowest BCUT2D eigenvalue weighted by molar-refractivity contribution is -0.121. The Hall–Kier alpha value is -2.04. The molecule has 0 radical (unpaired) electrons. The minimum Gasteiger partial charge on any atom is -0.504 e. The van der Waals surface area contributed by atoms with Gasteiger partial charge < -0.3 is 15.1 Å². The van der Waals surface area contributed by atoms with Crippen molar-refractivity contribution in [2.24, 2.45) is 5.92 Å². The second kappa shape index (κ2) is 5.39. The van der Waals surface area contributed by atoms with E-state index < -0.39 is 0 Å². The van der Waals surface area contributed by atoms with E-state index in [1.165, 1.54) is 18.2 Å². The van der Waals surface area contributed by atoms with Crippen molar-refractivity contribution in [1.29, 1.82) is 0 Å². The van der Waals surface area contributed by atoms with Crippen LogP contribution in [0.25, 0.3) is 0 Å². The number of likely N-dealkylation sites (tertiary alicyclic amines) is 1. The van der Waals surface area contributed by atoms with Crippen LogP contribution in [0.15, 0.2) is 18.2 Å². The van der Waals surface area contributed by atoms with Crippen molar-refractivity contribution in [2.45, 2.75) is 38.1 Å². The molecular weight excluding hydrogens is 270 g/mol. The number of nitrogens with zero attached hydrogens (tertiary/aromatic N) is 1. The van der Waals surface area contributed by atoms with Crippen molar-refractivity contribution in [3.8, 4) is 11.5 Å². The number of aromatic hydroxyl groups is 2. The summed E-state index contributed by atoms with van der Waals surface area (Å²) in [5, 5.41) is 18.9. The van der Waals surface area contributed by atoms with Crippen LogP contribution in [-0.4, -0.2) is 39.4 Å². The molecule has 1 heterocycles. The minimum atomic E-state index is -0.298. The molecule has 2 fully saturated rings. The van der Waals surface area contributed by atoms with Crippen molar-refractivity contribution in [3.05, 3.63) is 23.8 Å². The van der Waals surface area contributed by atoms with E-state index in [0.717, 1.165) is 25.7 Å². The van der Waals surface area contributed by atoms with Crippen molar-refractivity contribution in [2.75, 3.05) is 6.54 Å². The SMILES string of the molecule is O=C1CCCC1C1CCCN1C(=O)c1ccc(O)c(O)c1. The molecule has 5 nitrogen and oxygen atoms in total. The zero-order valence-corrected chi connectivity index (χ0v) is 11.8. The van der Waals surface area contributed by atoms with E-state index in [1.807, 2.05) is 0 Å². The lowest BCUT2D eigenvalue weighted by Crippen LogP contribution is -2.41. The smallest absolute Gasteiger partial charge is 0.254 e. The molecule has 2 aliphatic rings. The van der Waals surface area contributed by atoms with Gasteiger partial charge in [0.05, 0.1) is 0 Å². The molecule has 2 N–H and O–H groups in total. The highest BCUT2D eigenvalue weighted by atomic mass is 16.3. The van der Waals surface area contributed by atoms with E-state index in [-0.39, 0.29) is 35.1 Å². The Morgan fingerprint density at radius 1 is 1.14 bits per heavy atom. The average molecular weight is 289 g/mol. The Bertz CT molecular complexity index is 584. The maximum absolute atomic E-state index is 12.6. The molecule has 1 aliphatic heterocycles. The first-order valence-electron chi connectivity index (χ1n) is 7.43. The number of phenols is 2. The number of Topliss-reactive ketones (excluding diaryl/α,β-unsaturated/α-hetero) is 1. The van der Waals surface area contributed by atoms with Gasteiger partial charge in [0.15, 0.2) is 11.5 Å². The molecule has 1 aromatic carbocycles. The van der Waals surface area contributed by atoms with Crippen LogP contribution in [0.1, 0.15) is 42.5 Å². The summed E-state index contributed by atoms with van der Waals surface area (Å²) in [5.74, 6) is -0.466. The largest absolute Gasteiger partial charge is 0.504 e. The monoisotopic (exact) mass is 289 g/mol. The second-order valence-electron chi connectivity index (χ2n) is 5.88. The maximum Gasteiger partial charge on any atom is 0.254 e. The average Bonchev–Trinajstić information content (AvgIpc) is 3.09.